The van der Waals surface area contributed by atoms with Crippen LogP contribution in [0, 0.1) is 11.8 Å². The molecule has 2 atom stereocenters. The van der Waals surface area contributed by atoms with E-state index in [0.29, 0.717) is 23.3 Å². The molecule has 1 aliphatic carbocycles. The first kappa shape index (κ1) is 12.8. The van der Waals surface area contributed by atoms with Gasteiger partial charge in [-0.3, -0.25) is 4.79 Å². The average Bonchev–Trinajstić information content (AvgIpc) is 2.28. The third kappa shape index (κ3) is 3.18. The molecule has 0 aliphatic heterocycles. The second kappa shape index (κ2) is 5.33. The summed E-state index contributed by atoms with van der Waals surface area (Å²) in [5.74, 6) is 1.49. The molecule has 1 aromatic heterocycles. The van der Waals surface area contributed by atoms with E-state index in [0.717, 1.165) is 12.8 Å². The monoisotopic (exact) mass is 248 g/mol. The maximum Gasteiger partial charge on any atom is 0.271 e. The van der Waals surface area contributed by atoms with E-state index >= 15 is 0 Å². The van der Waals surface area contributed by atoms with Gasteiger partial charge in [0.05, 0.1) is 12.4 Å². The third-order valence-corrected chi connectivity index (χ3v) is 3.42. The van der Waals surface area contributed by atoms with Crippen LogP contribution >= 0.6 is 0 Å². The number of hydrogen-bond acceptors (Lipinski definition) is 4. The molecule has 0 spiro atoms. The standard InChI is InChI=1S/C13H20N4O/c1-8-3-9(2)5-10(4-8)17-13(18)11-6-16-12(14)7-15-11/h6-10H,3-5H2,1-2H3,(H2,14,16)(H,17,18). The third-order valence-electron chi connectivity index (χ3n) is 3.42. The van der Waals surface area contributed by atoms with Crippen LogP contribution in [0.15, 0.2) is 12.4 Å². The molecule has 2 rings (SSSR count). The zero-order valence-electron chi connectivity index (χ0n) is 10.9. The molecule has 3 N–H and O–H groups in total. The number of nitrogens with two attached hydrogens (primary N) is 1. The summed E-state index contributed by atoms with van der Waals surface area (Å²) in [7, 11) is 0. The number of hydrogen-bond donors (Lipinski definition) is 2. The van der Waals surface area contributed by atoms with Gasteiger partial charge in [-0.1, -0.05) is 13.8 Å². The lowest BCUT2D eigenvalue weighted by atomic mass is 9.80. The highest BCUT2D eigenvalue weighted by atomic mass is 16.1. The predicted molar refractivity (Wildman–Crippen MR) is 69.9 cm³/mol. The highest BCUT2D eigenvalue weighted by Gasteiger charge is 2.25. The number of carbonyl (C=O) groups is 1. The summed E-state index contributed by atoms with van der Waals surface area (Å²) in [6, 6.07) is 0.246. The molecule has 2 unspecified atom stereocenters. The molecule has 0 aromatic carbocycles. The van der Waals surface area contributed by atoms with E-state index < -0.39 is 0 Å². The van der Waals surface area contributed by atoms with Crippen molar-refractivity contribution in [3.05, 3.63) is 18.1 Å². The molecule has 0 bridgehead atoms. The molecule has 1 amide bonds. The van der Waals surface area contributed by atoms with E-state index in [-0.39, 0.29) is 11.9 Å². The molecule has 0 saturated heterocycles. The minimum absolute atomic E-state index is 0.159. The average molecular weight is 248 g/mol. The van der Waals surface area contributed by atoms with E-state index in [4.69, 9.17) is 5.73 Å². The van der Waals surface area contributed by atoms with E-state index in [1.165, 1.54) is 18.8 Å². The Balaban J connectivity index is 1.96. The minimum atomic E-state index is -0.159. The molecule has 0 radical (unpaired) electrons. The fourth-order valence-electron chi connectivity index (χ4n) is 2.78. The van der Waals surface area contributed by atoms with Crippen molar-refractivity contribution in [3.63, 3.8) is 0 Å². The second-order valence-electron chi connectivity index (χ2n) is 5.41. The summed E-state index contributed by atoms with van der Waals surface area (Å²) in [6.45, 7) is 4.47. The number of aromatic nitrogens is 2. The predicted octanol–water partition coefficient (Wildman–Crippen LogP) is 1.61. The van der Waals surface area contributed by atoms with Crippen molar-refractivity contribution < 1.29 is 4.79 Å². The summed E-state index contributed by atoms with van der Waals surface area (Å²) in [6.07, 6.45) is 6.15. The maximum absolute atomic E-state index is 12.0. The normalized spacial score (nSPS) is 27.8. The molecule has 1 heterocycles. The summed E-state index contributed by atoms with van der Waals surface area (Å²) in [5, 5.41) is 3.03. The van der Waals surface area contributed by atoms with Crippen molar-refractivity contribution in [1.82, 2.24) is 15.3 Å². The van der Waals surface area contributed by atoms with Crippen LogP contribution in [-0.2, 0) is 0 Å². The van der Waals surface area contributed by atoms with Crippen LogP contribution in [0.25, 0.3) is 0 Å². The molecule has 1 aromatic rings. The Labute approximate surface area is 107 Å². The lowest BCUT2D eigenvalue weighted by Gasteiger charge is -2.31. The van der Waals surface area contributed by atoms with Gasteiger partial charge in [-0.05, 0) is 31.1 Å². The Hall–Kier alpha value is -1.65. The van der Waals surface area contributed by atoms with Gasteiger partial charge in [-0.25, -0.2) is 9.97 Å². The van der Waals surface area contributed by atoms with E-state index in [1.54, 1.807) is 0 Å². The van der Waals surface area contributed by atoms with Crippen LogP contribution in [0.5, 0.6) is 0 Å². The lowest BCUT2D eigenvalue weighted by molar-refractivity contribution is 0.0906. The Morgan fingerprint density at radius 1 is 1.22 bits per heavy atom. The Morgan fingerprint density at radius 2 is 1.89 bits per heavy atom. The van der Waals surface area contributed by atoms with E-state index in [1.807, 2.05) is 0 Å². The van der Waals surface area contributed by atoms with Gasteiger partial charge in [0.25, 0.3) is 5.91 Å². The lowest BCUT2D eigenvalue weighted by Crippen LogP contribution is -2.40. The molecule has 5 nitrogen and oxygen atoms in total. The van der Waals surface area contributed by atoms with Gasteiger partial charge in [0.1, 0.15) is 11.5 Å². The highest BCUT2D eigenvalue weighted by Crippen LogP contribution is 2.28. The van der Waals surface area contributed by atoms with Crippen LogP contribution in [0.1, 0.15) is 43.6 Å². The quantitative estimate of drug-likeness (QED) is 0.833. The van der Waals surface area contributed by atoms with Crippen molar-refractivity contribution in [3.8, 4) is 0 Å². The van der Waals surface area contributed by atoms with Crippen molar-refractivity contribution in [2.24, 2.45) is 11.8 Å². The zero-order chi connectivity index (χ0) is 13.1. The molecular formula is C13H20N4O. The fourth-order valence-corrected chi connectivity index (χ4v) is 2.78. The number of carbonyl (C=O) groups excluding carboxylic acids is 1. The van der Waals surface area contributed by atoms with Crippen LogP contribution in [0.3, 0.4) is 0 Å². The van der Waals surface area contributed by atoms with Crippen LogP contribution < -0.4 is 11.1 Å². The first-order valence-corrected chi connectivity index (χ1v) is 6.43. The number of nitrogens with one attached hydrogen (secondary N) is 1. The second-order valence-corrected chi connectivity index (χ2v) is 5.41. The van der Waals surface area contributed by atoms with E-state index in [9.17, 15) is 4.79 Å². The first-order valence-electron chi connectivity index (χ1n) is 6.43. The fraction of sp³-hybridized carbons (Fsp3) is 0.615. The SMILES string of the molecule is CC1CC(C)CC(NC(=O)c2cnc(N)cn2)C1. The van der Waals surface area contributed by atoms with Crippen LogP contribution in [-0.4, -0.2) is 21.9 Å². The van der Waals surface area contributed by atoms with Crippen LogP contribution in [0.2, 0.25) is 0 Å². The van der Waals surface area contributed by atoms with Crippen molar-refractivity contribution >= 4 is 11.7 Å². The van der Waals surface area contributed by atoms with Crippen molar-refractivity contribution in [2.75, 3.05) is 5.73 Å². The number of rotatable bonds is 2. The van der Waals surface area contributed by atoms with Gasteiger partial charge in [0, 0.05) is 6.04 Å². The van der Waals surface area contributed by atoms with E-state index in [2.05, 4.69) is 29.1 Å². The van der Waals surface area contributed by atoms with Gasteiger partial charge < -0.3 is 11.1 Å². The number of amides is 1. The van der Waals surface area contributed by atoms with Crippen LogP contribution in [0.4, 0.5) is 5.82 Å². The van der Waals surface area contributed by atoms with Gasteiger partial charge in [0.15, 0.2) is 0 Å². The Bertz CT molecular complexity index is 408. The largest absolute Gasteiger partial charge is 0.382 e. The van der Waals surface area contributed by atoms with Gasteiger partial charge in [-0.15, -0.1) is 0 Å². The molecular weight excluding hydrogens is 228 g/mol. The Kier molecular flexibility index (Phi) is 3.79. The van der Waals surface area contributed by atoms with Gasteiger partial charge in [0.2, 0.25) is 0 Å². The van der Waals surface area contributed by atoms with Crippen molar-refractivity contribution in [1.29, 1.82) is 0 Å². The molecule has 1 fully saturated rings. The summed E-state index contributed by atoms with van der Waals surface area (Å²) in [4.78, 5) is 19.8. The molecule has 1 aliphatic rings. The highest BCUT2D eigenvalue weighted by molar-refractivity contribution is 5.92. The first-order chi connectivity index (χ1) is 8.54. The molecule has 98 valence electrons. The minimum Gasteiger partial charge on any atom is -0.382 e. The maximum atomic E-state index is 12.0. The molecule has 18 heavy (non-hydrogen) atoms. The smallest absolute Gasteiger partial charge is 0.271 e. The molecule has 1 saturated carbocycles. The topological polar surface area (TPSA) is 80.9 Å². The summed E-state index contributed by atoms with van der Waals surface area (Å²) < 4.78 is 0. The summed E-state index contributed by atoms with van der Waals surface area (Å²) >= 11 is 0. The zero-order valence-corrected chi connectivity index (χ0v) is 10.9. The van der Waals surface area contributed by atoms with Crippen molar-refractivity contribution in [2.45, 2.75) is 39.2 Å². The molecule has 5 heteroatoms. The number of nitrogen functional groups attached to an aromatic ring is 1. The van der Waals surface area contributed by atoms with Gasteiger partial charge in [-0.2, -0.15) is 0 Å². The number of anilines is 1. The summed E-state index contributed by atoms with van der Waals surface area (Å²) in [5.41, 5.74) is 5.77. The Morgan fingerprint density at radius 3 is 2.44 bits per heavy atom. The van der Waals surface area contributed by atoms with Gasteiger partial charge >= 0.3 is 0 Å². The number of nitrogens with zero attached hydrogens (tertiary/aromatic N) is 2.